The Morgan fingerprint density at radius 2 is 2.35 bits per heavy atom. The van der Waals surface area contributed by atoms with Gasteiger partial charge in [-0.05, 0) is 23.9 Å². The number of hydrogen-bond acceptors (Lipinski definition) is 4. The van der Waals surface area contributed by atoms with Gasteiger partial charge < -0.3 is 5.32 Å². The molecule has 2 aromatic heterocycles. The van der Waals surface area contributed by atoms with E-state index in [1.165, 1.54) is 16.2 Å². The highest BCUT2D eigenvalue weighted by atomic mass is 32.1. The molecule has 2 rings (SSSR count). The highest BCUT2D eigenvalue weighted by Crippen LogP contribution is 2.23. The van der Waals surface area contributed by atoms with Crippen molar-refractivity contribution in [2.75, 3.05) is 0 Å². The second-order valence-corrected chi connectivity index (χ2v) is 6.03. The lowest BCUT2D eigenvalue weighted by molar-refractivity contribution is 0.0940. The van der Waals surface area contributed by atoms with E-state index in [0.29, 0.717) is 4.88 Å². The zero-order valence-electron chi connectivity index (χ0n) is 9.34. The van der Waals surface area contributed by atoms with Gasteiger partial charge in [0, 0.05) is 15.2 Å². The van der Waals surface area contributed by atoms with Crippen molar-refractivity contribution >= 4 is 41.2 Å². The van der Waals surface area contributed by atoms with E-state index in [9.17, 15) is 4.79 Å². The Labute approximate surface area is 114 Å². The third-order valence-electron chi connectivity index (χ3n) is 2.41. The van der Waals surface area contributed by atoms with Crippen LogP contribution in [0.5, 0.6) is 0 Å². The van der Waals surface area contributed by atoms with Gasteiger partial charge in [-0.1, -0.05) is 13.0 Å². The van der Waals surface area contributed by atoms with E-state index in [-0.39, 0.29) is 11.9 Å². The molecule has 2 heterocycles. The molecule has 0 aliphatic heterocycles. The lowest BCUT2D eigenvalue weighted by Crippen LogP contribution is -2.26. The number of carbonyl (C=O) groups excluding carboxylic acids is 1. The van der Waals surface area contributed by atoms with Crippen LogP contribution >= 0.6 is 35.3 Å². The summed E-state index contributed by atoms with van der Waals surface area (Å²) in [6.45, 7) is 2.07. The number of thiol groups is 1. The van der Waals surface area contributed by atoms with Gasteiger partial charge >= 0.3 is 0 Å². The molecule has 0 spiro atoms. The minimum absolute atomic E-state index is 0.0180. The maximum atomic E-state index is 12.0. The topological polar surface area (TPSA) is 29.1 Å². The van der Waals surface area contributed by atoms with E-state index >= 15 is 0 Å². The lowest BCUT2D eigenvalue weighted by Gasteiger charge is -2.14. The summed E-state index contributed by atoms with van der Waals surface area (Å²) in [5, 5.41) is 6.94. The quantitative estimate of drug-likeness (QED) is 0.817. The van der Waals surface area contributed by atoms with Gasteiger partial charge in [-0.3, -0.25) is 4.79 Å². The molecule has 2 nitrogen and oxygen atoms in total. The van der Waals surface area contributed by atoms with Crippen molar-refractivity contribution in [2.45, 2.75) is 24.3 Å². The van der Waals surface area contributed by atoms with E-state index in [0.717, 1.165) is 11.3 Å². The maximum Gasteiger partial charge on any atom is 0.261 e. The Bertz CT molecular complexity index is 490. The van der Waals surface area contributed by atoms with Crippen LogP contribution in [0, 0.1) is 0 Å². The molecule has 1 atom stereocenters. The van der Waals surface area contributed by atoms with Crippen LogP contribution in [0.15, 0.2) is 33.9 Å². The predicted octanol–water partition coefficient (Wildman–Crippen LogP) is 3.98. The zero-order valence-corrected chi connectivity index (χ0v) is 11.9. The van der Waals surface area contributed by atoms with Crippen LogP contribution in [0.1, 0.15) is 33.9 Å². The van der Waals surface area contributed by atoms with Crippen LogP contribution in [0.4, 0.5) is 0 Å². The van der Waals surface area contributed by atoms with Gasteiger partial charge in [0.1, 0.15) is 0 Å². The van der Waals surface area contributed by atoms with Crippen molar-refractivity contribution < 1.29 is 4.79 Å². The number of nitrogens with one attached hydrogen (secondary N) is 1. The molecule has 0 saturated carbocycles. The molecule has 0 aromatic carbocycles. The first-order valence-corrected chi connectivity index (χ1v) is 7.53. The minimum atomic E-state index is -0.0180. The van der Waals surface area contributed by atoms with Crippen molar-refractivity contribution in [1.82, 2.24) is 5.32 Å². The van der Waals surface area contributed by atoms with Crippen LogP contribution in [0.25, 0.3) is 0 Å². The predicted molar refractivity (Wildman–Crippen MR) is 76.4 cm³/mol. The number of hydrogen-bond donors (Lipinski definition) is 2. The highest BCUT2D eigenvalue weighted by molar-refractivity contribution is 7.80. The second-order valence-electron chi connectivity index (χ2n) is 3.62. The lowest BCUT2D eigenvalue weighted by atomic mass is 10.2. The van der Waals surface area contributed by atoms with Crippen molar-refractivity contribution in [1.29, 1.82) is 0 Å². The van der Waals surface area contributed by atoms with E-state index in [2.05, 4.69) is 30.9 Å². The Morgan fingerprint density at radius 1 is 1.53 bits per heavy atom. The minimum Gasteiger partial charge on any atom is -0.344 e. The summed E-state index contributed by atoms with van der Waals surface area (Å²) in [6.07, 6.45) is 0.894. The number of thiophene rings is 2. The fourth-order valence-electron chi connectivity index (χ4n) is 1.54. The van der Waals surface area contributed by atoms with Crippen molar-refractivity contribution in [3.63, 3.8) is 0 Å². The van der Waals surface area contributed by atoms with Crippen molar-refractivity contribution in [2.24, 2.45) is 0 Å². The van der Waals surface area contributed by atoms with Crippen molar-refractivity contribution in [3.8, 4) is 0 Å². The van der Waals surface area contributed by atoms with Gasteiger partial charge in [0.15, 0.2) is 0 Å². The first-order valence-electron chi connectivity index (χ1n) is 5.32. The summed E-state index contributed by atoms with van der Waals surface area (Å²) in [6, 6.07) is 5.96. The summed E-state index contributed by atoms with van der Waals surface area (Å²) in [7, 11) is 0. The fourth-order valence-corrected chi connectivity index (χ4v) is 3.45. The molecule has 0 radical (unpaired) electrons. The molecule has 0 fully saturated rings. The monoisotopic (exact) mass is 283 g/mol. The average molecular weight is 283 g/mol. The SMILES string of the molecule is CCC(NC(=O)c1cc(S)cs1)c1cccs1. The largest absolute Gasteiger partial charge is 0.344 e. The van der Waals surface area contributed by atoms with E-state index < -0.39 is 0 Å². The molecular formula is C12H13NOS3. The Kier molecular flexibility index (Phi) is 4.25. The summed E-state index contributed by atoms with van der Waals surface area (Å²) < 4.78 is 0. The number of rotatable bonds is 4. The van der Waals surface area contributed by atoms with Crippen LogP contribution in [0.3, 0.4) is 0 Å². The normalized spacial score (nSPS) is 12.4. The Hall–Kier alpha value is -0.780. The summed E-state index contributed by atoms with van der Waals surface area (Å²) >= 11 is 7.30. The van der Waals surface area contributed by atoms with Gasteiger partial charge in [0.2, 0.25) is 0 Å². The smallest absolute Gasteiger partial charge is 0.261 e. The molecule has 0 aliphatic carbocycles. The maximum absolute atomic E-state index is 12.0. The van der Waals surface area contributed by atoms with E-state index in [4.69, 9.17) is 0 Å². The summed E-state index contributed by atoms with van der Waals surface area (Å²) in [4.78, 5) is 14.7. The molecule has 0 bridgehead atoms. The second kappa shape index (κ2) is 5.71. The molecule has 2 aromatic rings. The first kappa shape index (κ1) is 12.7. The van der Waals surface area contributed by atoms with Crippen LogP contribution in [-0.4, -0.2) is 5.91 Å². The molecular weight excluding hydrogens is 270 g/mol. The zero-order chi connectivity index (χ0) is 12.3. The van der Waals surface area contributed by atoms with Crippen molar-refractivity contribution in [3.05, 3.63) is 38.7 Å². The summed E-state index contributed by atoms with van der Waals surface area (Å²) in [5.41, 5.74) is 0. The molecule has 17 heavy (non-hydrogen) atoms. The molecule has 1 unspecified atom stereocenters. The standard InChI is InChI=1S/C12H13NOS3/c1-2-9(10-4-3-5-16-10)13-12(14)11-6-8(15)7-17-11/h3-7,9,15H,2H2,1H3,(H,13,14). The number of amides is 1. The fraction of sp³-hybridized carbons (Fsp3) is 0.250. The Morgan fingerprint density at radius 3 is 2.88 bits per heavy atom. The van der Waals surface area contributed by atoms with E-state index in [1.54, 1.807) is 17.4 Å². The van der Waals surface area contributed by atoms with E-state index in [1.807, 2.05) is 16.8 Å². The van der Waals surface area contributed by atoms with Crippen LogP contribution < -0.4 is 5.32 Å². The van der Waals surface area contributed by atoms with Crippen LogP contribution in [-0.2, 0) is 0 Å². The van der Waals surface area contributed by atoms with Gasteiger partial charge in [0.05, 0.1) is 10.9 Å². The van der Waals surface area contributed by atoms with Crippen LogP contribution in [0.2, 0.25) is 0 Å². The number of carbonyl (C=O) groups is 1. The Balaban J connectivity index is 2.07. The average Bonchev–Trinajstić information content (AvgIpc) is 2.96. The molecule has 90 valence electrons. The third-order valence-corrected chi connectivity index (χ3v) is 4.76. The first-order chi connectivity index (χ1) is 8.20. The van der Waals surface area contributed by atoms with Gasteiger partial charge in [0.25, 0.3) is 5.91 Å². The molecule has 1 N–H and O–H groups in total. The third kappa shape index (κ3) is 3.12. The van der Waals surface area contributed by atoms with Gasteiger partial charge in [-0.15, -0.1) is 35.3 Å². The molecule has 1 amide bonds. The highest BCUT2D eigenvalue weighted by Gasteiger charge is 2.15. The molecule has 0 aliphatic rings. The summed E-state index contributed by atoms with van der Waals surface area (Å²) in [5.74, 6) is -0.0180. The van der Waals surface area contributed by atoms with Gasteiger partial charge in [-0.2, -0.15) is 0 Å². The molecule has 5 heteroatoms. The molecule has 0 saturated heterocycles. The van der Waals surface area contributed by atoms with Gasteiger partial charge in [-0.25, -0.2) is 0 Å².